The Kier molecular flexibility index (Phi) is 22.7. The highest BCUT2D eigenvalue weighted by atomic mass is 35.5. The van der Waals surface area contributed by atoms with Gasteiger partial charge in [0, 0.05) is 31.8 Å². The van der Waals surface area contributed by atoms with Gasteiger partial charge in [0.25, 0.3) is 5.97 Å². The highest BCUT2D eigenvalue weighted by Gasteiger charge is 2.30. The molecule has 48 heavy (non-hydrogen) atoms. The highest BCUT2D eigenvalue weighted by molar-refractivity contribution is 5.95. The number of carbonyl (C=O) groups is 6. The minimum Gasteiger partial charge on any atom is -0.481 e. The number of carboxylic acids is 1. The first-order chi connectivity index (χ1) is 22.6. The number of aliphatic carboxylic acids is 1. The van der Waals surface area contributed by atoms with Crippen LogP contribution in [0.2, 0.25) is 0 Å². The Balaban J connectivity index is 0.000000778. The molecule has 0 aromatic heterocycles. The van der Waals surface area contributed by atoms with E-state index in [1.165, 1.54) is 6.21 Å². The average Bonchev–Trinajstić information content (AvgIpc) is 3.07. The normalized spacial score (nSPS) is 19.6. The summed E-state index contributed by atoms with van der Waals surface area (Å²) in [6.45, 7) is 1.50. The van der Waals surface area contributed by atoms with E-state index in [4.69, 9.17) is 29.8 Å². The van der Waals surface area contributed by atoms with Crippen molar-refractivity contribution < 1.29 is 53.8 Å². The van der Waals surface area contributed by atoms with Crippen LogP contribution in [0.5, 0.6) is 0 Å². The van der Waals surface area contributed by atoms with Gasteiger partial charge in [-0.2, -0.15) is 0 Å². The van der Waals surface area contributed by atoms with E-state index >= 15 is 0 Å². The number of hydrogen-bond acceptors (Lipinski definition) is 12. The second-order valence-electron chi connectivity index (χ2n) is 10.4. The van der Waals surface area contributed by atoms with Gasteiger partial charge in [0.2, 0.25) is 0 Å². The van der Waals surface area contributed by atoms with Gasteiger partial charge in [-0.1, -0.05) is 60.7 Å². The lowest BCUT2D eigenvalue weighted by Gasteiger charge is -2.26. The minimum atomic E-state index is -0.833. The Hall–Kier alpha value is -4.86. The molecule has 0 bridgehead atoms. The fourth-order valence-corrected chi connectivity index (χ4v) is 4.60. The number of nitrogens with two attached hydrogens (primary N) is 1. The topological polar surface area (TPSA) is 244 Å². The molecule has 264 valence electrons. The number of Topliss-reactive ketones (excluding diaryl/α,β-unsaturated/α-hetero) is 2. The Morgan fingerprint density at radius 2 is 1.19 bits per heavy atom. The third kappa shape index (κ3) is 18.3. The van der Waals surface area contributed by atoms with E-state index in [0.717, 1.165) is 18.1 Å². The number of halogens is 1. The van der Waals surface area contributed by atoms with Gasteiger partial charge in [-0.15, -0.1) is 17.6 Å². The Morgan fingerprint density at radius 3 is 1.56 bits per heavy atom. The van der Waals surface area contributed by atoms with E-state index in [2.05, 4.69) is 21.7 Å². The number of carboxylic acid groups (broad SMARTS) is 1. The summed E-state index contributed by atoms with van der Waals surface area (Å²) in [6, 6.07) is 18.5. The molecule has 4 atom stereocenters. The zero-order chi connectivity index (χ0) is 35.0. The molecule has 0 radical (unpaired) electrons. The van der Waals surface area contributed by atoms with Crippen LogP contribution in [0.4, 0.5) is 9.59 Å². The molecule has 2 fully saturated rings. The van der Waals surface area contributed by atoms with Crippen LogP contribution in [0.25, 0.3) is 0 Å². The molecule has 2 aromatic carbocycles. The van der Waals surface area contributed by atoms with E-state index in [1.54, 1.807) is 0 Å². The monoisotopic (exact) mass is 694 g/mol. The number of nitrogens with zero attached hydrogens (tertiary/aromatic N) is 1. The van der Waals surface area contributed by atoms with E-state index in [9.17, 15) is 24.0 Å². The maximum Gasteiger partial charge on any atom is 0.407 e. The van der Waals surface area contributed by atoms with Gasteiger partial charge < -0.3 is 40.4 Å². The zero-order valence-corrected chi connectivity index (χ0v) is 27.3. The summed E-state index contributed by atoms with van der Waals surface area (Å²) in [5.74, 6) is 1.62. The fourth-order valence-electron chi connectivity index (χ4n) is 4.60. The summed E-state index contributed by atoms with van der Waals surface area (Å²) < 4.78 is 10.2. The molecule has 7 N–H and O–H groups in total. The van der Waals surface area contributed by atoms with Crippen molar-refractivity contribution in [1.82, 2.24) is 10.6 Å². The number of amides is 2. The predicted octanol–water partition coefficient (Wildman–Crippen LogP) is 3.81. The molecule has 0 aliphatic heterocycles. The van der Waals surface area contributed by atoms with Crippen molar-refractivity contribution in [1.29, 1.82) is 0 Å². The molecule has 2 aliphatic carbocycles. The van der Waals surface area contributed by atoms with Crippen LogP contribution in [-0.2, 0) is 41.9 Å². The molecule has 2 saturated carbocycles. The van der Waals surface area contributed by atoms with Crippen LogP contribution in [0, 0.1) is 11.8 Å². The smallest absolute Gasteiger partial charge is 0.407 e. The van der Waals surface area contributed by atoms with E-state index in [1.807, 2.05) is 60.7 Å². The Morgan fingerprint density at radius 1 is 0.812 bits per heavy atom. The first-order valence-corrected chi connectivity index (χ1v) is 14.7. The number of nitrogens with one attached hydrogen (secondary N) is 2. The average molecular weight is 695 g/mol. The van der Waals surface area contributed by atoms with Gasteiger partial charge in [0.05, 0.1) is 18.1 Å². The fraction of sp³-hybridized carbons (Fsp3) is 0.406. The van der Waals surface area contributed by atoms with Gasteiger partial charge in [0.1, 0.15) is 31.1 Å². The number of rotatable bonds is 8. The summed E-state index contributed by atoms with van der Waals surface area (Å²) in [4.78, 5) is 66.1. The lowest BCUT2D eigenvalue weighted by atomic mass is 9.85. The van der Waals surface area contributed by atoms with Crippen LogP contribution < -0.4 is 16.5 Å². The predicted molar refractivity (Wildman–Crippen MR) is 175 cm³/mol. The summed E-state index contributed by atoms with van der Waals surface area (Å²) in [5.41, 5.74) is 1.82. The first-order valence-electron chi connectivity index (χ1n) is 14.7. The number of alkyl carbamates (subject to hydrolysis) is 2. The van der Waals surface area contributed by atoms with Crippen molar-refractivity contribution in [3.05, 3.63) is 71.8 Å². The van der Waals surface area contributed by atoms with Crippen molar-refractivity contribution in [2.24, 2.45) is 22.9 Å². The summed E-state index contributed by atoms with van der Waals surface area (Å²) >= 11 is 0. The maximum absolute atomic E-state index is 11.7. The lowest BCUT2D eigenvalue weighted by molar-refractivity contribution is -0.134. The first kappa shape index (κ1) is 43.1. The molecule has 0 saturated heterocycles. The SMILES string of the molecule is CC(=O)O.Cl.NO.O=C(NC1CCC(=O)C(/C=N/O)C1)OCc1ccccc1.O=CC1CC(NC(=O)OCc2ccccc2)CCC1=O. The third-order valence-electron chi connectivity index (χ3n) is 6.86. The Labute approximate surface area is 284 Å². The number of aldehydes is 1. The van der Waals surface area contributed by atoms with Crippen LogP contribution >= 0.6 is 12.4 Å². The number of hydrogen-bond donors (Lipinski definition) is 6. The quantitative estimate of drug-likeness (QED) is 0.0759. The molecular formula is C32H43ClN4O11. The number of benzene rings is 2. The molecule has 2 aromatic rings. The largest absolute Gasteiger partial charge is 0.481 e. The van der Waals surface area contributed by atoms with Crippen molar-refractivity contribution in [2.75, 3.05) is 0 Å². The second-order valence-corrected chi connectivity index (χ2v) is 10.4. The van der Waals surface area contributed by atoms with Gasteiger partial charge in [-0.05, 0) is 36.8 Å². The van der Waals surface area contributed by atoms with Gasteiger partial charge in [-0.25, -0.2) is 15.5 Å². The molecule has 2 aliphatic rings. The van der Waals surface area contributed by atoms with Crippen molar-refractivity contribution in [3.63, 3.8) is 0 Å². The summed E-state index contributed by atoms with van der Waals surface area (Å²) in [7, 11) is 0. The molecule has 4 rings (SSSR count). The van der Waals surface area contributed by atoms with E-state index in [0.29, 0.717) is 44.8 Å². The van der Waals surface area contributed by atoms with Crippen LogP contribution in [0.3, 0.4) is 0 Å². The number of carbonyl (C=O) groups excluding carboxylic acids is 5. The molecule has 15 nitrogen and oxygen atoms in total. The Bertz CT molecular complexity index is 1300. The van der Waals surface area contributed by atoms with Gasteiger partial charge in [0.15, 0.2) is 0 Å². The molecular weight excluding hydrogens is 652 g/mol. The van der Waals surface area contributed by atoms with Crippen molar-refractivity contribution in [3.8, 4) is 0 Å². The third-order valence-corrected chi connectivity index (χ3v) is 6.86. The van der Waals surface area contributed by atoms with E-state index < -0.39 is 30.0 Å². The number of ether oxygens (including phenoxy) is 2. The molecule has 2 amide bonds. The highest BCUT2D eigenvalue weighted by Crippen LogP contribution is 2.21. The lowest BCUT2D eigenvalue weighted by Crippen LogP contribution is -2.41. The number of oxime groups is 1. The van der Waals surface area contributed by atoms with E-state index in [-0.39, 0.29) is 49.3 Å². The zero-order valence-electron chi connectivity index (χ0n) is 26.4. The minimum absolute atomic E-state index is 0. The van der Waals surface area contributed by atoms with Crippen LogP contribution in [-0.4, -0.2) is 69.8 Å². The van der Waals surface area contributed by atoms with Crippen LogP contribution in [0.15, 0.2) is 65.8 Å². The maximum atomic E-state index is 11.7. The molecule has 4 unspecified atom stereocenters. The van der Waals surface area contributed by atoms with Crippen molar-refractivity contribution in [2.45, 2.75) is 70.7 Å². The van der Waals surface area contributed by atoms with Crippen LogP contribution in [0.1, 0.15) is 56.6 Å². The van der Waals surface area contributed by atoms with Crippen molar-refractivity contribution >= 4 is 54.6 Å². The summed E-state index contributed by atoms with van der Waals surface area (Å²) in [5, 5.41) is 30.8. The second kappa shape index (κ2) is 25.3. The van der Waals surface area contributed by atoms with Gasteiger partial charge in [-0.3, -0.25) is 14.4 Å². The molecule has 16 heteroatoms. The summed E-state index contributed by atoms with van der Waals surface area (Å²) in [6.07, 6.45) is 3.48. The number of ketones is 2. The molecule has 0 heterocycles. The van der Waals surface area contributed by atoms with Gasteiger partial charge >= 0.3 is 12.2 Å². The molecule has 0 spiro atoms. The standard InChI is InChI=1S/C15H18N2O4.C15H17NO4.C2H4O2.ClH.H3NO/c18-14-7-6-13(8-12(14)9-16-20)17-15(19)21-10-11-4-2-1-3-5-11;17-9-12-8-13(6-7-14(12)18)16-15(19)20-10-11-4-2-1-3-5-11;1-2(3)4;;1-2/h1-5,9,12-13,20H,6-8,10H2,(H,17,19);1-5,9,12-13H,6-8,10H2,(H,16,19);1H3,(H,3,4);1H;2H,1H2/b16-9+;;;;.